The molecule has 16 valence electrons. The van der Waals surface area contributed by atoms with Gasteiger partial charge in [0.15, 0.2) is 0 Å². The van der Waals surface area contributed by atoms with E-state index >= 15 is 0 Å². The minimum Gasteiger partial charge on any atom is -1.00 e. The summed E-state index contributed by atoms with van der Waals surface area (Å²) in [6.45, 7) is 0. The molecule has 0 nitrogen and oxygen atoms in total. The van der Waals surface area contributed by atoms with Gasteiger partial charge in [-0.1, -0.05) is 0 Å². The van der Waals surface area contributed by atoms with Crippen LogP contribution < -0.4 is 107 Å². The Balaban J connectivity index is 0. The van der Waals surface area contributed by atoms with E-state index < -0.39 is 0 Å². The van der Waals surface area contributed by atoms with E-state index in [4.69, 9.17) is 0 Å². The molecule has 0 unspecified atom stereocenters. The van der Waals surface area contributed by atoms with E-state index in [1.807, 2.05) is 0 Å². The molecule has 0 aliphatic heterocycles. The summed E-state index contributed by atoms with van der Waals surface area (Å²) in [5, 5.41) is 0. The molecule has 0 fully saturated rings. The van der Waals surface area contributed by atoms with Crippen LogP contribution in [-0.2, 0) is 0 Å². The molecular weight excluding hydrogens is 300 g/mol. The van der Waals surface area contributed by atoms with Gasteiger partial charge >= 0.3 is 59.1 Å². The van der Waals surface area contributed by atoms with Crippen molar-refractivity contribution in [3.8, 4) is 0 Å². The predicted octanol–water partition coefficient (Wildman–Crippen LogP) is -12.0. The number of rotatable bonds is 0. The first-order valence-electron chi connectivity index (χ1n) is 0. The molecule has 0 aromatic heterocycles. The quantitative estimate of drug-likeness (QED) is 0.308. The van der Waals surface area contributed by atoms with Crippen LogP contribution in [0, 0.1) is 0 Å². The molecule has 4 heteroatoms. The smallest absolute Gasteiger partial charge is 1.00 e. The van der Waals surface area contributed by atoms with Crippen LogP contribution in [0.2, 0.25) is 0 Å². The topological polar surface area (TPSA) is 0 Å². The molecular formula is I2Na2. The molecule has 0 amide bonds. The second kappa shape index (κ2) is 16.1. The van der Waals surface area contributed by atoms with Crippen LogP contribution in [0.15, 0.2) is 0 Å². The normalized spacial score (nSPS) is 0. The molecule has 0 aromatic carbocycles. The van der Waals surface area contributed by atoms with Crippen LogP contribution >= 0.6 is 0 Å². The van der Waals surface area contributed by atoms with Crippen molar-refractivity contribution in [1.29, 1.82) is 0 Å². The summed E-state index contributed by atoms with van der Waals surface area (Å²) in [5.74, 6) is 0. The Bertz CT molecular complexity index is 4.00. The summed E-state index contributed by atoms with van der Waals surface area (Å²) in [7, 11) is 0. The van der Waals surface area contributed by atoms with Crippen molar-refractivity contribution < 1.29 is 107 Å². The van der Waals surface area contributed by atoms with Gasteiger partial charge < -0.3 is 48.0 Å². The van der Waals surface area contributed by atoms with Crippen molar-refractivity contribution >= 4 is 0 Å². The summed E-state index contributed by atoms with van der Waals surface area (Å²) >= 11 is 0. The molecule has 0 aliphatic carbocycles. The van der Waals surface area contributed by atoms with E-state index in [0.717, 1.165) is 0 Å². The molecule has 0 aliphatic rings. The number of halogens is 2. The van der Waals surface area contributed by atoms with Gasteiger partial charge in [0.1, 0.15) is 0 Å². The zero-order chi connectivity index (χ0) is 0. The maximum Gasteiger partial charge on any atom is 1.00 e. The van der Waals surface area contributed by atoms with E-state index in [2.05, 4.69) is 0 Å². The Morgan fingerprint density at radius 2 is 0.500 bits per heavy atom. The predicted molar refractivity (Wildman–Crippen MR) is 0 cm³/mol. The van der Waals surface area contributed by atoms with Crippen molar-refractivity contribution in [2.75, 3.05) is 0 Å². The second-order valence-corrected chi connectivity index (χ2v) is 0. The Morgan fingerprint density at radius 1 is 0.500 bits per heavy atom. The van der Waals surface area contributed by atoms with Crippen molar-refractivity contribution in [3.63, 3.8) is 0 Å². The van der Waals surface area contributed by atoms with E-state index in [-0.39, 0.29) is 107 Å². The van der Waals surface area contributed by atoms with Gasteiger partial charge in [0, 0.05) is 0 Å². The summed E-state index contributed by atoms with van der Waals surface area (Å²) < 4.78 is 0. The van der Waals surface area contributed by atoms with Crippen molar-refractivity contribution in [2.24, 2.45) is 0 Å². The molecule has 0 N–H and O–H groups in total. The van der Waals surface area contributed by atoms with Gasteiger partial charge in [-0.05, 0) is 0 Å². The van der Waals surface area contributed by atoms with E-state index in [0.29, 0.717) is 0 Å². The largest absolute Gasteiger partial charge is 1.00 e. The zero-order valence-electron chi connectivity index (χ0n) is 2.76. The van der Waals surface area contributed by atoms with Gasteiger partial charge in [-0.3, -0.25) is 0 Å². The van der Waals surface area contributed by atoms with Crippen LogP contribution in [0.5, 0.6) is 0 Å². The summed E-state index contributed by atoms with van der Waals surface area (Å²) in [5.41, 5.74) is 0. The Labute approximate surface area is 104 Å². The molecule has 4 heavy (non-hydrogen) atoms. The number of hydrogen-bond donors (Lipinski definition) is 0. The van der Waals surface area contributed by atoms with Crippen LogP contribution in [-0.4, -0.2) is 0 Å². The first-order valence-corrected chi connectivity index (χ1v) is 0. The van der Waals surface area contributed by atoms with Gasteiger partial charge in [-0.2, -0.15) is 0 Å². The number of hydrogen-bond acceptors (Lipinski definition) is 0. The van der Waals surface area contributed by atoms with E-state index in [9.17, 15) is 0 Å². The monoisotopic (exact) mass is 300 g/mol. The fourth-order valence-electron chi connectivity index (χ4n) is 0. The first kappa shape index (κ1) is 26.0. The summed E-state index contributed by atoms with van der Waals surface area (Å²) in [6, 6.07) is 0. The van der Waals surface area contributed by atoms with Crippen LogP contribution in [0.1, 0.15) is 0 Å². The van der Waals surface area contributed by atoms with Gasteiger partial charge in [-0.15, -0.1) is 0 Å². The third-order valence-electron chi connectivity index (χ3n) is 0. The summed E-state index contributed by atoms with van der Waals surface area (Å²) in [4.78, 5) is 0. The SMILES string of the molecule is [I-].[I-].[Na+].[Na+]. The van der Waals surface area contributed by atoms with Crippen LogP contribution in [0.4, 0.5) is 0 Å². The fourth-order valence-corrected chi connectivity index (χ4v) is 0. The first-order chi connectivity index (χ1) is 0. The molecule has 0 saturated carbocycles. The maximum absolute atomic E-state index is 0. The third kappa shape index (κ3) is 9.07. The van der Waals surface area contributed by atoms with E-state index in [1.165, 1.54) is 0 Å². The molecule has 0 rings (SSSR count). The molecule has 0 radical (unpaired) electrons. The molecule has 0 aromatic rings. The zero-order valence-corrected chi connectivity index (χ0v) is 11.1. The fraction of sp³-hybridized carbons (Fsp3) is 0. The van der Waals surface area contributed by atoms with Gasteiger partial charge in [-0.25, -0.2) is 0 Å². The van der Waals surface area contributed by atoms with Crippen molar-refractivity contribution in [3.05, 3.63) is 0 Å². The van der Waals surface area contributed by atoms with Gasteiger partial charge in [0.2, 0.25) is 0 Å². The van der Waals surface area contributed by atoms with Crippen LogP contribution in [0.3, 0.4) is 0 Å². The molecule has 0 heterocycles. The molecule has 0 saturated heterocycles. The average Bonchev–Trinajstić information content (AvgIpc) is 0. The maximum atomic E-state index is 0. The molecule has 0 atom stereocenters. The Morgan fingerprint density at radius 3 is 0.500 bits per heavy atom. The Kier molecular flexibility index (Phi) is 105. The average molecular weight is 300 g/mol. The molecule has 0 bridgehead atoms. The van der Waals surface area contributed by atoms with Crippen LogP contribution in [0.25, 0.3) is 0 Å². The second-order valence-electron chi connectivity index (χ2n) is 0. The van der Waals surface area contributed by atoms with E-state index in [1.54, 1.807) is 0 Å². The standard InChI is InChI=1S/2HI.2Na/h2*1H;;/q;;2*+1/p-2. The third-order valence-corrected chi connectivity index (χ3v) is 0. The minimum absolute atomic E-state index is 0. The van der Waals surface area contributed by atoms with Crippen molar-refractivity contribution in [2.45, 2.75) is 0 Å². The van der Waals surface area contributed by atoms with Gasteiger partial charge in [0.25, 0.3) is 0 Å². The van der Waals surface area contributed by atoms with Crippen molar-refractivity contribution in [1.82, 2.24) is 0 Å². The minimum atomic E-state index is 0. The summed E-state index contributed by atoms with van der Waals surface area (Å²) in [6.07, 6.45) is 0. The van der Waals surface area contributed by atoms with Gasteiger partial charge in [0.05, 0.1) is 0 Å². The molecule has 0 spiro atoms. The Hall–Kier alpha value is 3.46.